The molecule has 3 rings (SSSR count). The van der Waals surface area contributed by atoms with Crippen LogP contribution in [0.5, 0.6) is 0 Å². The van der Waals surface area contributed by atoms with Crippen molar-refractivity contribution in [2.24, 2.45) is 0 Å². The van der Waals surface area contributed by atoms with E-state index in [1.165, 1.54) is 5.32 Å². The molecule has 2 aromatic rings. The average Bonchev–Trinajstić information content (AvgIpc) is 3.08. The van der Waals surface area contributed by atoms with Crippen LogP contribution >= 0.6 is 0 Å². The number of nitrogens with one attached hydrogen (secondary N) is 2. The Morgan fingerprint density at radius 2 is 1.55 bits per heavy atom. The van der Waals surface area contributed by atoms with Gasteiger partial charge < -0.3 is 20.5 Å². The summed E-state index contributed by atoms with van der Waals surface area (Å²) in [6.45, 7) is 1.39. The van der Waals surface area contributed by atoms with Gasteiger partial charge in [-0.05, 0) is 28.7 Å². The molecule has 0 heterocycles. The molecule has 7 nitrogen and oxygen atoms in total. The highest BCUT2D eigenvalue weighted by atomic mass is 19.4. The number of aliphatic carboxylic acids is 1. The van der Waals surface area contributed by atoms with Gasteiger partial charge in [0.15, 0.2) is 0 Å². The summed E-state index contributed by atoms with van der Waals surface area (Å²) >= 11 is 0. The Hall–Kier alpha value is -3.56. The summed E-state index contributed by atoms with van der Waals surface area (Å²) < 4.78 is 45.3. The Bertz CT molecular complexity index is 995. The first-order valence-corrected chi connectivity index (χ1v) is 10.3. The summed E-state index contributed by atoms with van der Waals surface area (Å²) in [5, 5.41) is 12.4. The summed E-state index contributed by atoms with van der Waals surface area (Å²) in [5.74, 6) is -3.51. The fourth-order valence-corrected chi connectivity index (χ4v) is 3.86. The van der Waals surface area contributed by atoms with E-state index in [2.05, 4.69) is 0 Å². The quantitative estimate of drug-likeness (QED) is 0.551. The number of alkyl halides is 3. The number of hydrogen-bond donors (Lipinski definition) is 3. The molecule has 0 radical (unpaired) electrons. The number of alkyl carbamates (subject to hydrolysis) is 1. The van der Waals surface area contributed by atoms with Crippen LogP contribution in [0.15, 0.2) is 48.5 Å². The Balaban J connectivity index is 1.69. The zero-order valence-electron chi connectivity index (χ0n) is 17.7. The minimum Gasteiger partial charge on any atom is -0.480 e. The summed E-state index contributed by atoms with van der Waals surface area (Å²) in [7, 11) is 0. The van der Waals surface area contributed by atoms with E-state index in [-0.39, 0.29) is 18.9 Å². The van der Waals surface area contributed by atoms with Crippen LogP contribution < -0.4 is 10.6 Å². The van der Waals surface area contributed by atoms with Crippen molar-refractivity contribution in [1.29, 1.82) is 0 Å². The fraction of sp³-hybridized carbons (Fsp3) is 0.348. The van der Waals surface area contributed by atoms with Crippen LogP contribution in [0.4, 0.5) is 18.0 Å². The van der Waals surface area contributed by atoms with Crippen molar-refractivity contribution in [2.45, 2.75) is 43.9 Å². The standard InChI is InChI=1S/C23H23F3N2O5/c1-2-7-18(21(30)31)27-20(29)19(23(24,25)26)28-22(32)33-12-17-15-10-5-3-8-13(15)14-9-4-6-11-16(14)17/h3-6,8-11,17-19H,2,7,12H2,1H3,(H,27,29)(H,28,32)(H,30,31)/t18-,19?/m1/s1. The van der Waals surface area contributed by atoms with E-state index in [0.29, 0.717) is 6.42 Å². The monoisotopic (exact) mass is 464 g/mol. The third kappa shape index (κ3) is 5.44. The van der Waals surface area contributed by atoms with Crippen LogP contribution in [-0.4, -0.2) is 47.9 Å². The van der Waals surface area contributed by atoms with Gasteiger partial charge in [0.2, 0.25) is 6.04 Å². The van der Waals surface area contributed by atoms with Crippen molar-refractivity contribution in [3.8, 4) is 11.1 Å². The molecule has 1 unspecified atom stereocenters. The molecule has 0 saturated heterocycles. The number of hydrogen-bond acceptors (Lipinski definition) is 4. The number of carboxylic acid groups (broad SMARTS) is 1. The first-order valence-electron chi connectivity index (χ1n) is 10.3. The van der Waals surface area contributed by atoms with E-state index in [9.17, 15) is 27.6 Å². The van der Waals surface area contributed by atoms with E-state index in [4.69, 9.17) is 9.84 Å². The summed E-state index contributed by atoms with van der Waals surface area (Å²) in [5.41, 5.74) is 3.65. The number of carboxylic acids is 1. The third-order valence-corrected chi connectivity index (χ3v) is 5.39. The smallest absolute Gasteiger partial charge is 0.417 e. The highest BCUT2D eigenvalue weighted by Crippen LogP contribution is 2.44. The van der Waals surface area contributed by atoms with Gasteiger partial charge in [0.05, 0.1) is 0 Å². The van der Waals surface area contributed by atoms with Crippen LogP contribution in [-0.2, 0) is 14.3 Å². The highest BCUT2D eigenvalue weighted by molar-refractivity contribution is 5.90. The maximum absolute atomic E-state index is 13.4. The minimum absolute atomic E-state index is 0.0589. The van der Waals surface area contributed by atoms with Gasteiger partial charge in [-0.2, -0.15) is 13.2 Å². The van der Waals surface area contributed by atoms with Gasteiger partial charge in [-0.15, -0.1) is 0 Å². The lowest BCUT2D eigenvalue weighted by Crippen LogP contribution is -2.57. The summed E-state index contributed by atoms with van der Waals surface area (Å²) in [4.78, 5) is 35.5. The number of benzene rings is 2. The lowest BCUT2D eigenvalue weighted by atomic mass is 9.98. The van der Waals surface area contributed by atoms with Gasteiger partial charge in [0.1, 0.15) is 12.6 Å². The maximum Gasteiger partial charge on any atom is 0.417 e. The molecule has 0 saturated carbocycles. The highest BCUT2D eigenvalue weighted by Gasteiger charge is 2.47. The van der Waals surface area contributed by atoms with Crippen LogP contribution in [0.1, 0.15) is 36.8 Å². The van der Waals surface area contributed by atoms with Gasteiger partial charge in [0.25, 0.3) is 5.91 Å². The fourth-order valence-electron chi connectivity index (χ4n) is 3.86. The number of ether oxygens (including phenoxy) is 1. The molecule has 10 heteroatoms. The zero-order valence-corrected chi connectivity index (χ0v) is 17.7. The van der Waals surface area contributed by atoms with E-state index < -0.39 is 36.2 Å². The lowest BCUT2D eigenvalue weighted by Gasteiger charge is -2.23. The normalized spacial score (nSPS) is 14.5. The first kappa shape index (κ1) is 24.1. The zero-order chi connectivity index (χ0) is 24.2. The van der Waals surface area contributed by atoms with Crippen LogP contribution in [0.25, 0.3) is 11.1 Å². The lowest BCUT2D eigenvalue weighted by molar-refractivity contribution is -0.169. The molecule has 1 aliphatic carbocycles. The number of fused-ring (bicyclic) bond motifs is 3. The van der Waals surface area contributed by atoms with Gasteiger partial charge in [0, 0.05) is 5.92 Å². The van der Waals surface area contributed by atoms with Gasteiger partial charge in [-0.1, -0.05) is 61.9 Å². The Morgan fingerprint density at radius 3 is 2.03 bits per heavy atom. The summed E-state index contributed by atoms with van der Waals surface area (Å²) in [6.07, 6.45) is -6.31. The molecule has 1 aliphatic rings. The van der Waals surface area contributed by atoms with Crippen LogP contribution in [0.3, 0.4) is 0 Å². The molecular formula is C23H23F3N2O5. The van der Waals surface area contributed by atoms with E-state index in [0.717, 1.165) is 22.3 Å². The number of halogens is 3. The van der Waals surface area contributed by atoms with Crippen molar-refractivity contribution in [3.05, 3.63) is 59.7 Å². The van der Waals surface area contributed by atoms with Crippen molar-refractivity contribution < 1.29 is 37.4 Å². The molecule has 0 bridgehead atoms. The predicted octanol–water partition coefficient (Wildman–Crippen LogP) is 3.83. The molecule has 2 atom stereocenters. The van der Waals surface area contributed by atoms with Crippen molar-refractivity contribution in [2.75, 3.05) is 6.61 Å². The number of amides is 2. The molecule has 2 aromatic carbocycles. The second kappa shape index (κ2) is 9.93. The number of rotatable bonds is 8. The molecule has 0 spiro atoms. The van der Waals surface area contributed by atoms with Crippen molar-refractivity contribution in [1.82, 2.24) is 10.6 Å². The second-order valence-corrected chi connectivity index (χ2v) is 7.63. The average molecular weight is 464 g/mol. The van der Waals surface area contributed by atoms with E-state index >= 15 is 0 Å². The van der Waals surface area contributed by atoms with Crippen LogP contribution in [0.2, 0.25) is 0 Å². The van der Waals surface area contributed by atoms with Crippen molar-refractivity contribution in [3.63, 3.8) is 0 Å². The van der Waals surface area contributed by atoms with Gasteiger partial charge in [-0.3, -0.25) is 4.79 Å². The van der Waals surface area contributed by atoms with Gasteiger partial charge in [-0.25, -0.2) is 9.59 Å². The number of carbonyl (C=O) groups is 3. The molecule has 3 N–H and O–H groups in total. The predicted molar refractivity (Wildman–Crippen MR) is 113 cm³/mol. The SMILES string of the molecule is CCC[C@@H](NC(=O)C(NC(=O)OCC1c2ccccc2-c2ccccc21)C(F)(F)F)C(=O)O. The molecule has 176 valence electrons. The number of carbonyl (C=O) groups excluding carboxylic acids is 2. The third-order valence-electron chi connectivity index (χ3n) is 5.39. The van der Waals surface area contributed by atoms with Crippen LogP contribution in [0, 0.1) is 0 Å². The molecule has 33 heavy (non-hydrogen) atoms. The Labute approximate surface area is 187 Å². The minimum atomic E-state index is -5.15. The largest absolute Gasteiger partial charge is 0.480 e. The van der Waals surface area contributed by atoms with Gasteiger partial charge >= 0.3 is 18.2 Å². The molecule has 0 fully saturated rings. The first-order chi connectivity index (χ1) is 15.6. The van der Waals surface area contributed by atoms with Crippen molar-refractivity contribution >= 4 is 18.0 Å². The van der Waals surface area contributed by atoms with E-state index in [1.54, 1.807) is 6.92 Å². The molecule has 0 aliphatic heterocycles. The maximum atomic E-state index is 13.4. The van der Waals surface area contributed by atoms with E-state index in [1.807, 2.05) is 53.8 Å². The Kier molecular flexibility index (Phi) is 7.25. The Morgan fingerprint density at radius 1 is 1.00 bits per heavy atom. The molecular weight excluding hydrogens is 441 g/mol. The second-order valence-electron chi connectivity index (χ2n) is 7.63. The molecule has 0 aromatic heterocycles. The molecule has 2 amide bonds. The summed E-state index contributed by atoms with van der Waals surface area (Å²) in [6, 6.07) is 10.4. The topological polar surface area (TPSA) is 105 Å².